The Labute approximate surface area is 129 Å². The van der Waals surface area contributed by atoms with Gasteiger partial charge in [0, 0.05) is 4.47 Å². The first-order valence-corrected chi connectivity index (χ1v) is 7.97. The number of hydrogen-bond donors (Lipinski definition) is 1. The van der Waals surface area contributed by atoms with Crippen molar-refractivity contribution in [2.75, 3.05) is 7.11 Å². The van der Waals surface area contributed by atoms with Gasteiger partial charge in [0.15, 0.2) is 0 Å². The van der Waals surface area contributed by atoms with Crippen LogP contribution >= 0.6 is 39.1 Å². The number of hydrogen-bond acceptors (Lipinski definition) is 4. The normalized spacial score (nSPS) is 13.1. The summed E-state index contributed by atoms with van der Waals surface area (Å²) >= 11 is 14.9. The number of sulfonamides is 1. The fraction of sp³-hybridized carbons (Fsp3) is 0.300. The monoisotopic (exact) mass is 389 g/mol. The van der Waals surface area contributed by atoms with Crippen molar-refractivity contribution in [3.63, 3.8) is 0 Å². The van der Waals surface area contributed by atoms with Gasteiger partial charge in [0.2, 0.25) is 10.0 Å². The summed E-state index contributed by atoms with van der Waals surface area (Å²) in [5, 5.41) is -0.104. The molecule has 9 heteroatoms. The van der Waals surface area contributed by atoms with E-state index in [9.17, 15) is 13.2 Å². The van der Waals surface area contributed by atoms with Gasteiger partial charge < -0.3 is 4.74 Å². The molecule has 0 amide bonds. The number of esters is 1. The molecule has 0 aliphatic heterocycles. The van der Waals surface area contributed by atoms with Gasteiger partial charge in [-0.25, -0.2) is 8.42 Å². The fourth-order valence-electron chi connectivity index (χ4n) is 1.30. The predicted molar refractivity (Wildman–Crippen MR) is 76.0 cm³/mol. The summed E-state index contributed by atoms with van der Waals surface area (Å²) in [5.41, 5.74) is 0. The summed E-state index contributed by atoms with van der Waals surface area (Å²) in [4.78, 5) is 10.9. The molecule has 5 nitrogen and oxygen atoms in total. The topological polar surface area (TPSA) is 72.5 Å². The van der Waals surface area contributed by atoms with Crippen LogP contribution in [-0.2, 0) is 19.6 Å². The molecule has 1 aromatic carbocycles. The SMILES string of the molecule is COC(=O)[C@H](C)NS(=O)(=O)c1c(Cl)cc(Br)cc1Cl. The Morgan fingerprint density at radius 2 is 1.84 bits per heavy atom. The number of carbonyl (C=O) groups excluding carboxylic acids is 1. The highest BCUT2D eigenvalue weighted by atomic mass is 79.9. The summed E-state index contributed by atoms with van der Waals surface area (Å²) in [6.45, 7) is 1.35. The summed E-state index contributed by atoms with van der Waals surface area (Å²) < 4.78 is 31.3. The van der Waals surface area contributed by atoms with E-state index in [2.05, 4.69) is 25.4 Å². The molecule has 1 aromatic rings. The third-order valence-corrected chi connectivity index (χ3v) is 5.04. The summed E-state index contributed by atoms with van der Waals surface area (Å²) in [6, 6.07) is 1.74. The average Bonchev–Trinajstić information content (AvgIpc) is 2.24. The third kappa shape index (κ3) is 4.06. The van der Waals surface area contributed by atoms with Gasteiger partial charge in [0.05, 0.1) is 17.2 Å². The highest BCUT2D eigenvalue weighted by Gasteiger charge is 2.27. The second kappa shape index (κ2) is 6.41. The zero-order valence-electron chi connectivity index (χ0n) is 9.91. The van der Waals surface area contributed by atoms with Crippen LogP contribution in [-0.4, -0.2) is 27.5 Å². The van der Waals surface area contributed by atoms with Crippen molar-refractivity contribution in [2.24, 2.45) is 0 Å². The standard InChI is InChI=1S/C10H10BrCl2NO4S/c1-5(10(15)18-2)14-19(16,17)9-7(12)3-6(11)4-8(9)13/h3-5,14H,1-2H3/t5-/m0/s1. The molecule has 19 heavy (non-hydrogen) atoms. The van der Waals surface area contributed by atoms with Crippen molar-refractivity contribution >= 4 is 55.1 Å². The van der Waals surface area contributed by atoms with Crippen LogP contribution in [0.15, 0.2) is 21.5 Å². The number of carbonyl (C=O) groups is 1. The quantitative estimate of drug-likeness (QED) is 0.802. The van der Waals surface area contributed by atoms with E-state index in [-0.39, 0.29) is 14.9 Å². The van der Waals surface area contributed by atoms with Crippen LogP contribution < -0.4 is 4.72 Å². The largest absolute Gasteiger partial charge is 0.468 e. The molecule has 106 valence electrons. The Morgan fingerprint density at radius 3 is 2.26 bits per heavy atom. The number of ether oxygens (including phenoxy) is 1. The van der Waals surface area contributed by atoms with E-state index in [0.717, 1.165) is 7.11 Å². The second-order valence-corrected chi connectivity index (χ2v) is 6.95. The second-order valence-electron chi connectivity index (χ2n) is 3.56. The zero-order chi connectivity index (χ0) is 14.8. The van der Waals surface area contributed by atoms with Gasteiger partial charge in [-0.3, -0.25) is 4.79 Å². The summed E-state index contributed by atoms with van der Waals surface area (Å²) in [6.07, 6.45) is 0. The molecular formula is C10H10BrCl2NO4S. The smallest absolute Gasteiger partial charge is 0.323 e. The van der Waals surface area contributed by atoms with E-state index < -0.39 is 22.0 Å². The number of rotatable bonds is 4. The Hall–Kier alpha value is -0.340. The molecule has 1 rings (SSSR count). The van der Waals surface area contributed by atoms with Crippen LogP contribution in [0.25, 0.3) is 0 Å². The Morgan fingerprint density at radius 1 is 1.37 bits per heavy atom. The van der Waals surface area contributed by atoms with Gasteiger partial charge in [0.25, 0.3) is 0 Å². The number of nitrogens with one attached hydrogen (secondary N) is 1. The van der Waals surface area contributed by atoms with Crippen LogP contribution in [0.2, 0.25) is 10.0 Å². The molecule has 0 aliphatic carbocycles. The lowest BCUT2D eigenvalue weighted by molar-refractivity contribution is -0.142. The Balaban J connectivity index is 3.18. The minimum absolute atomic E-state index is 0.0519. The van der Waals surface area contributed by atoms with Gasteiger partial charge in [0.1, 0.15) is 10.9 Å². The molecule has 0 aliphatic rings. The number of benzene rings is 1. The van der Waals surface area contributed by atoms with Gasteiger partial charge in [-0.15, -0.1) is 0 Å². The lowest BCUT2D eigenvalue weighted by atomic mass is 10.4. The highest BCUT2D eigenvalue weighted by Crippen LogP contribution is 2.32. The molecular weight excluding hydrogens is 381 g/mol. The van der Waals surface area contributed by atoms with Crippen LogP contribution in [0.5, 0.6) is 0 Å². The Bertz CT molecular complexity index is 583. The van der Waals surface area contributed by atoms with E-state index in [1.54, 1.807) is 0 Å². The Kier molecular flexibility index (Phi) is 5.64. The minimum atomic E-state index is -4.03. The molecule has 0 fully saturated rings. The van der Waals surface area contributed by atoms with Crippen LogP contribution in [0, 0.1) is 0 Å². The van der Waals surface area contributed by atoms with Crippen LogP contribution in [0.1, 0.15) is 6.92 Å². The van der Waals surface area contributed by atoms with Crippen molar-refractivity contribution < 1.29 is 17.9 Å². The van der Waals surface area contributed by atoms with Crippen molar-refractivity contribution in [2.45, 2.75) is 17.9 Å². The maximum Gasteiger partial charge on any atom is 0.323 e. The lowest BCUT2D eigenvalue weighted by Gasteiger charge is -2.14. The van der Waals surface area contributed by atoms with Gasteiger partial charge in [-0.2, -0.15) is 4.72 Å². The molecule has 0 saturated carbocycles. The molecule has 0 bridgehead atoms. The first-order chi connectivity index (χ1) is 8.69. The molecule has 0 aromatic heterocycles. The molecule has 0 unspecified atom stereocenters. The maximum absolute atomic E-state index is 12.1. The maximum atomic E-state index is 12.1. The number of halogens is 3. The molecule has 0 saturated heterocycles. The molecule has 0 spiro atoms. The summed E-state index contributed by atoms with van der Waals surface area (Å²) in [7, 11) is -2.87. The highest BCUT2D eigenvalue weighted by molar-refractivity contribution is 9.10. The van der Waals surface area contributed by atoms with Crippen LogP contribution in [0.3, 0.4) is 0 Å². The van der Waals surface area contributed by atoms with E-state index in [4.69, 9.17) is 23.2 Å². The lowest BCUT2D eigenvalue weighted by Crippen LogP contribution is -2.39. The molecule has 0 radical (unpaired) electrons. The first kappa shape index (κ1) is 16.7. The zero-order valence-corrected chi connectivity index (χ0v) is 13.8. The summed E-state index contributed by atoms with van der Waals surface area (Å²) in [5.74, 6) is -0.715. The first-order valence-electron chi connectivity index (χ1n) is 4.93. The van der Waals surface area contributed by atoms with Crippen LogP contribution in [0.4, 0.5) is 0 Å². The van der Waals surface area contributed by atoms with Gasteiger partial charge in [-0.05, 0) is 19.1 Å². The van der Waals surface area contributed by atoms with Crippen molar-refractivity contribution in [1.82, 2.24) is 4.72 Å². The van der Waals surface area contributed by atoms with Crippen molar-refractivity contribution in [3.8, 4) is 0 Å². The minimum Gasteiger partial charge on any atom is -0.468 e. The fourth-order valence-corrected chi connectivity index (χ4v) is 4.43. The molecule has 1 N–H and O–H groups in total. The third-order valence-electron chi connectivity index (χ3n) is 2.12. The van der Waals surface area contributed by atoms with Crippen molar-refractivity contribution in [1.29, 1.82) is 0 Å². The number of methoxy groups -OCH3 is 1. The van der Waals surface area contributed by atoms with E-state index >= 15 is 0 Å². The van der Waals surface area contributed by atoms with E-state index in [1.807, 2.05) is 0 Å². The molecule has 1 atom stereocenters. The van der Waals surface area contributed by atoms with Gasteiger partial charge >= 0.3 is 5.97 Å². The van der Waals surface area contributed by atoms with Crippen molar-refractivity contribution in [3.05, 3.63) is 26.7 Å². The predicted octanol–water partition coefficient (Wildman–Crippen LogP) is 2.60. The van der Waals surface area contributed by atoms with E-state index in [1.165, 1.54) is 19.1 Å². The molecule has 0 heterocycles. The van der Waals surface area contributed by atoms with Gasteiger partial charge in [-0.1, -0.05) is 39.1 Å². The van der Waals surface area contributed by atoms with E-state index in [0.29, 0.717) is 4.47 Å². The average molecular weight is 391 g/mol.